The molecule has 0 aliphatic carbocycles. The van der Waals surface area contributed by atoms with Gasteiger partial charge in [0.2, 0.25) is 0 Å². The van der Waals surface area contributed by atoms with Gasteiger partial charge in [0.1, 0.15) is 5.75 Å². The molecule has 1 N–H and O–H groups in total. The van der Waals surface area contributed by atoms with Crippen LogP contribution >= 0.6 is 0 Å². The van der Waals surface area contributed by atoms with E-state index in [0.29, 0.717) is 17.0 Å². The zero-order valence-corrected chi connectivity index (χ0v) is 17.3. The van der Waals surface area contributed by atoms with Gasteiger partial charge in [0, 0.05) is 16.8 Å². The van der Waals surface area contributed by atoms with Gasteiger partial charge in [0.05, 0.1) is 0 Å². The maximum absolute atomic E-state index is 12.5. The molecule has 1 atom stereocenters. The Morgan fingerprint density at radius 1 is 0.871 bits per heavy atom. The Kier molecular flexibility index (Phi) is 7.17. The molecule has 3 rings (SSSR count). The molecule has 31 heavy (non-hydrogen) atoms. The van der Waals surface area contributed by atoms with E-state index in [4.69, 9.17) is 9.47 Å². The second kappa shape index (κ2) is 10.2. The van der Waals surface area contributed by atoms with Crippen LogP contribution < -0.4 is 10.1 Å². The summed E-state index contributed by atoms with van der Waals surface area (Å²) in [4.78, 5) is 35.9. The van der Waals surface area contributed by atoms with Gasteiger partial charge >= 0.3 is 5.97 Å². The maximum atomic E-state index is 12.5. The Bertz CT molecular complexity index is 1060. The van der Waals surface area contributed by atoms with E-state index in [-0.39, 0.29) is 12.4 Å². The molecule has 3 aromatic carbocycles. The first-order chi connectivity index (χ1) is 14.9. The number of nitrogens with one attached hydrogen (secondary N) is 1. The Labute approximate surface area is 180 Å². The summed E-state index contributed by atoms with van der Waals surface area (Å²) in [5.74, 6) is -0.743. The lowest BCUT2D eigenvalue weighted by Crippen LogP contribution is -2.31. The quantitative estimate of drug-likeness (QED) is 0.431. The highest BCUT2D eigenvalue weighted by molar-refractivity contribution is 5.98. The highest BCUT2D eigenvalue weighted by atomic mass is 16.6. The van der Waals surface area contributed by atoms with Crippen LogP contribution in [0.15, 0.2) is 78.9 Å². The summed E-state index contributed by atoms with van der Waals surface area (Å²) >= 11 is 0. The second-order valence-corrected chi connectivity index (χ2v) is 6.90. The van der Waals surface area contributed by atoms with Gasteiger partial charge in [0.15, 0.2) is 18.5 Å². The predicted molar refractivity (Wildman–Crippen MR) is 118 cm³/mol. The molecule has 0 fully saturated rings. The fourth-order valence-electron chi connectivity index (χ4n) is 2.91. The van der Waals surface area contributed by atoms with Crippen LogP contribution in [0.1, 0.15) is 24.2 Å². The van der Waals surface area contributed by atoms with Crippen LogP contribution in [0.3, 0.4) is 0 Å². The van der Waals surface area contributed by atoms with Gasteiger partial charge in [-0.15, -0.1) is 0 Å². The van der Waals surface area contributed by atoms with Crippen molar-refractivity contribution in [1.82, 2.24) is 0 Å². The summed E-state index contributed by atoms with van der Waals surface area (Å²) in [5.41, 5.74) is 3.01. The van der Waals surface area contributed by atoms with Crippen molar-refractivity contribution in [3.63, 3.8) is 0 Å². The number of anilines is 1. The van der Waals surface area contributed by atoms with Crippen molar-refractivity contribution in [2.24, 2.45) is 0 Å². The van der Waals surface area contributed by atoms with Crippen LogP contribution in [0.25, 0.3) is 11.1 Å². The first-order valence-corrected chi connectivity index (χ1v) is 9.82. The lowest BCUT2D eigenvalue weighted by atomic mass is 10.0. The molecule has 6 nitrogen and oxygen atoms in total. The zero-order valence-electron chi connectivity index (χ0n) is 17.3. The number of benzene rings is 3. The van der Waals surface area contributed by atoms with Gasteiger partial charge < -0.3 is 14.8 Å². The van der Waals surface area contributed by atoms with Crippen molar-refractivity contribution in [1.29, 1.82) is 0 Å². The Morgan fingerprint density at radius 2 is 1.52 bits per heavy atom. The minimum Gasteiger partial charge on any atom is -0.482 e. The largest absolute Gasteiger partial charge is 0.482 e. The summed E-state index contributed by atoms with van der Waals surface area (Å²) < 4.78 is 10.5. The SMILES string of the molecule is CC(=O)c1ccc(OCC(=O)O[C@@H](C)C(=O)Nc2ccccc2-c2ccccc2)cc1. The molecule has 0 saturated heterocycles. The van der Waals surface area contributed by atoms with Crippen LogP contribution in [-0.4, -0.2) is 30.4 Å². The number of esters is 1. The summed E-state index contributed by atoms with van der Waals surface area (Å²) in [6.07, 6.45) is -1.000. The molecule has 1 amide bonds. The van der Waals surface area contributed by atoms with Gasteiger partial charge in [-0.3, -0.25) is 9.59 Å². The molecular weight excluding hydrogens is 394 g/mol. The Balaban J connectivity index is 1.55. The lowest BCUT2D eigenvalue weighted by Gasteiger charge is -2.16. The molecule has 3 aromatic rings. The van der Waals surface area contributed by atoms with Gasteiger partial charge in [-0.05, 0) is 49.7 Å². The number of carbonyl (C=O) groups excluding carboxylic acids is 3. The van der Waals surface area contributed by atoms with Gasteiger partial charge in [0.25, 0.3) is 5.91 Å². The first-order valence-electron chi connectivity index (χ1n) is 9.82. The number of carbonyl (C=O) groups is 3. The highest BCUT2D eigenvalue weighted by Gasteiger charge is 2.19. The monoisotopic (exact) mass is 417 g/mol. The molecule has 0 bridgehead atoms. The first kappa shape index (κ1) is 21.8. The number of para-hydroxylation sites is 1. The van der Waals surface area contributed by atoms with Crippen molar-refractivity contribution >= 4 is 23.3 Å². The van der Waals surface area contributed by atoms with Crippen molar-refractivity contribution in [3.8, 4) is 16.9 Å². The van der Waals surface area contributed by atoms with Crippen LogP contribution in [-0.2, 0) is 14.3 Å². The van der Waals surface area contributed by atoms with E-state index < -0.39 is 18.0 Å². The summed E-state index contributed by atoms with van der Waals surface area (Å²) in [6, 6.07) is 23.5. The van der Waals surface area contributed by atoms with E-state index in [1.807, 2.05) is 48.5 Å². The summed E-state index contributed by atoms with van der Waals surface area (Å²) in [7, 11) is 0. The number of ether oxygens (including phenoxy) is 2. The maximum Gasteiger partial charge on any atom is 0.344 e. The fourth-order valence-corrected chi connectivity index (χ4v) is 2.91. The molecule has 0 spiro atoms. The van der Waals surface area contributed by atoms with Crippen molar-refractivity contribution in [3.05, 3.63) is 84.4 Å². The third-order valence-electron chi connectivity index (χ3n) is 4.56. The van der Waals surface area contributed by atoms with Crippen LogP contribution in [0.4, 0.5) is 5.69 Å². The number of amides is 1. The Hall–Kier alpha value is -3.93. The zero-order chi connectivity index (χ0) is 22.2. The minimum atomic E-state index is -1.000. The second-order valence-electron chi connectivity index (χ2n) is 6.90. The molecule has 0 aromatic heterocycles. The molecule has 0 radical (unpaired) electrons. The number of hydrogen-bond donors (Lipinski definition) is 1. The molecular formula is C25H23NO5. The molecule has 0 saturated carbocycles. The summed E-state index contributed by atoms with van der Waals surface area (Å²) in [6.45, 7) is 2.62. The van der Waals surface area contributed by atoms with E-state index in [1.54, 1.807) is 30.3 Å². The van der Waals surface area contributed by atoms with E-state index in [1.165, 1.54) is 13.8 Å². The number of rotatable bonds is 8. The smallest absolute Gasteiger partial charge is 0.344 e. The third kappa shape index (κ3) is 6.02. The van der Waals surface area contributed by atoms with Crippen molar-refractivity contribution < 1.29 is 23.9 Å². The third-order valence-corrected chi connectivity index (χ3v) is 4.56. The minimum absolute atomic E-state index is 0.0559. The highest BCUT2D eigenvalue weighted by Crippen LogP contribution is 2.27. The van der Waals surface area contributed by atoms with E-state index >= 15 is 0 Å². The Morgan fingerprint density at radius 3 is 2.19 bits per heavy atom. The standard InChI is InChI=1S/C25H23NO5/c1-17(27)19-12-14-21(15-13-19)30-16-24(28)31-18(2)25(29)26-23-11-7-6-10-22(23)20-8-4-3-5-9-20/h3-15,18H,16H2,1-2H3,(H,26,29)/t18-/m0/s1. The normalized spacial score (nSPS) is 11.3. The van der Waals surface area contributed by atoms with Crippen molar-refractivity contribution in [2.75, 3.05) is 11.9 Å². The molecule has 0 aliphatic heterocycles. The van der Waals surface area contributed by atoms with Gasteiger partial charge in [-0.1, -0.05) is 48.5 Å². The molecule has 0 unspecified atom stereocenters. The van der Waals surface area contributed by atoms with Crippen LogP contribution in [0.5, 0.6) is 5.75 Å². The molecule has 158 valence electrons. The van der Waals surface area contributed by atoms with E-state index in [2.05, 4.69) is 5.32 Å². The predicted octanol–water partition coefficient (Wildman–Crippen LogP) is 4.51. The molecule has 6 heteroatoms. The van der Waals surface area contributed by atoms with Gasteiger partial charge in [-0.2, -0.15) is 0 Å². The number of hydrogen-bond acceptors (Lipinski definition) is 5. The topological polar surface area (TPSA) is 81.7 Å². The average Bonchev–Trinajstić information content (AvgIpc) is 2.79. The van der Waals surface area contributed by atoms with Crippen LogP contribution in [0.2, 0.25) is 0 Å². The fraction of sp³-hybridized carbons (Fsp3) is 0.160. The van der Waals surface area contributed by atoms with E-state index in [9.17, 15) is 14.4 Å². The van der Waals surface area contributed by atoms with Crippen LogP contribution in [0, 0.1) is 0 Å². The number of Topliss-reactive ketones (excluding diaryl/α,β-unsaturated/α-hetero) is 1. The van der Waals surface area contributed by atoms with Crippen molar-refractivity contribution in [2.45, 2.75) is 20.0 Å². The number of ketones is 1. The molecule has 0 aliphatic rings. The lowest BCUT2D eigenvalue weighted by molar-refractivity contribution is -0.155. The van der Waals surface area contributed by atoms with E-state index in [0.717, 1.165) is 11.1 Å². The molecule has 0 heterocycles. The summed E-state index contributed by atoms with van der Waals surface area (Å²) in [5, 5.41) is 2.82. The average molecular weight is 417 g/mol. The van der Waals surface area contributed by atoms with Gasteiger partial charge in [-0.25, -0.2) is 4.79 Å².